The first kappa shape index (κ1) is 12.7. The lowest BCUT2D eigenvalue weighted by atomic mass is 10.4. The number of carboxylic acids is 1. The number of carboxylic acid groups (broad SMARTS) is 1. The van der Waals surface area contributed by atoms with Crippen molar-refractivity contribution in [2.24, 2.45) is 0 Å². The highest BCUT2D eigenvalue weighted by Gasteiger charge is 2.19. The second-order valence-electron chi connectivity index (χ2n) is 3.26. The second kappa shape index (κ2) is 4.64. The number of aromatic carboxylic acids is 1. The minimum atomic E-state index is -3.79. The highest BCUT2D eigenvalue weighted by Crippen LogP contribution is 2.10. The molecule has 0 saturated heterocycles. The molecule has 7 nitrogen and oxygen atoms in total. The molecular weight excluding hydrogens is 236 g/mol. The molecule has 0 bridgehead atoms. The molecule has 0 saturated carbocycles. The quantitative estimate of drug-likeness (QED) is 0.553. The summed E-state index contributed by atoms with van der Waals surface area (Å²) in [5.74, 6) is -1.24. The zero-order valence-electron chi connectivity index (χ0n) is 8.47. The molecule has 1 atom stereocenters. The molecule has 90 valence electrons. The molecule has 1 heterocycles. The molecule has 0 aliphatic rings. The third-order valence-electron chi connectivity index (χ3n) is 1.83. The van der Waals surface area contributed by atoms with Gasteiger partial charge in [-0.1, -0.05) is 0 Å². The van der Waals surface area contributed by atoms with Crippen molar-refractivity contribution in [2.75, 3.05) is 6.61 Å². The van der Waals surface area contributed by atoms with Gasteiger partial charge in [0.1, 0.15) is 10.6 Å². The lowest BCUT2D eigenvalue weighted by Crippen LogP contribution is -2.34. The normalized spacial score (nSPS) is 13.6. The van der Waals surface area contributed by atoms with Crippen molar-refractivity contribution < 1.29 is 23.4 Å². The van der Waals surface area contributed by atoms with Crippen molar-refractivity contribution in [1.82, 2.24) is 9.71 Å². The van der Waals surface area contributed by atoms with Gasteiger partial charge in [0, 0.05) is 12.2 Å². The van der Waals surface area contributed by atoms with Crippen molar-refractivity contribution in [1.29, 1.82) is 0 Å². The largest absolute Gasteiger partial charge is 0.477 e. The number of sulfonamides is 1. The van der Waals surface area contributed by atoms with Gasteiger partial charge >= 0.3 is 5.97 Å². The summed E-state index contributed by atoms with van der Waals surface area (Å²) in [5, 5.41) is 17.3. The first-order valence-corrected chi connectivity index (χ1v) is 5.90. The highest BCUT2D eigenvalue weighted by molar-refractivity contribution is 7.89. The molecule has 4 N–H and O–H groups in total. The lowest BCUT2D eigenvalue weighted by molar-refractivity contribution is 0.0691. The van der Waals surface area contributed by atoms with Gasteiger partial charge in [0.05, 0.1) is 6.61 Å². The summed E-state index contributed by atoms with van der Waals surface area (Å²) in [7, 11) is -3.79. The first-order valence-electron chi connectivity index (χ1n) is 4.41. The number of aliphatic hydroxyl groups excluding tert-OH is 1. The van der Waals surface area contributed by atoms with E-state index in [1.807, 2.05) is 0 Å². The first-order chi connectivity index (χ1) is 7.36. The Hall–Kier alpha value is -1.38. The number of hydrogen-bond acceptors (Lipinski definition) is 4. The minimum Gasteiger partial charge on any atom is -0.477 e. The Bertz CT molecular complexity index is 478. The molecule has 0 aromatic carbocycles. The fraction of sp³-hybridized carbons (Fsp3) is 0.375. The summed E-state index contributed by atoms with van der Waals surface area (Å²) in [6, 6.07) is 0.377. The smallest absolute Gasteiger partial charge is 0.352 e. The topological polar surface area (TPSA) is 119 Å². The zero-order chi connectivity index (χ0) is 12.3. The van der Waals surface area contributed by atoms with Crippen LogP contribution in [0.5, 0.6) is 0 Å². The minimum absolute atomic E-state index is 0.176. The van der Waals surface area contributed by atoms with E-state index < -0.39 is 22.0 Å². The number of rotatable bonds is 5. The van der Waals surface area contributed by atoms with Crippen LogP contribution in [0.25, 0.3) is 0 Å². The number of hydrogen-bond donors (Lipinski definition) is 4. The van der Waals surface area contributed by atoms with Crippen LogP contribution in [-0.2, 0) is 10.0 Å². The summed E-state index contributed by atoms with van der Waals surface area (Å²) in [4.78, 5) is 12.7. The number of aromatic amines is 1. The summed E-state index contributed by atoms with van der Waals surface area (Å²) >= 11 is 0. The Morgan fingerprint density at radius 3 is 2.69 bits per heavy atom. The Balaban J connectivity index is 2.94. The van der Waals surface area contributed by atoms with E-state index in [2.05, 4.69) is 9.71 Å². The molecule has 1 aromatic heterocycles. The van der Waals surface area contributed by atoms with Crippen molar-refractivity contribution in [3.63, 3.8) is 0 Å². The highest BCUT2D eigenvalue weighted by atomic mass is 32.2. The number of aliphatic hydroxyl groups is 1. The predicted octanol–water partition coefficient (Wildman–Crippen LogP) is -0.628. The van der Waals surface area contributed by atoms with E-state index in [1.54, 1.807) is 0 Å². The van der Waals surface area contributed by atoms with Gasteiger partial charge in [-0.05, 0) is 13.0 Å². The summed E-state index contributed by atoms with van der Waals surface area (Å²) < 4.78 is 25.4. The number of aromatic nitrogens is 1. The van der Waals surface area contributed by atoms with Crippen molar-refractivity contribution in [2.45, 2.75) is 17.9 Å². The van der Waals surface area contributed by atoms with E-state index in [1.165, 1.54) is 6.92 Å². The molecule has 1 aromatic rings. The standard InChI is InChI=1S/C8H12N2O5S/c1-5(4-11)10-16(14,15)6-2-7(8(12)13)9-3-6/h2-3,5,9-11H,4H2,1H3,(H,12,13)/t5-/m1/s1. The fourth-order valence-electron chi connectivity index (χ4n) is 1.02. The van der Waals surface area contributed by atoms with Crippen LogP contribution in [0.2, 0.25) is 0 Å². The molecule has 0 aliphatic carbocycles. The van der Waals surface area contributed by atoms with Gasteiger partial charge in [0.15, 0.2) is 0 Å². The number of nitrogens with one attached hydrogen (secondary N) is 2. The second-order valence-corrected chi connectivity index (χ2v) is 4.97. The van der Waals surface area contributed by atoms with Crippen LogP contribution in [0, 0.1) is 0 Å². The molecule has 0 aliphatic heterocycles. The molecule has 0 radical (unpaired) electrons. The fourth-order valence-corrected chi connectivity index (χ4v) is 2.25. The van der Waals surface area contributed by atoms with Gasteiger partial charge < -0.3 is 15.2 Å². The average Bonchev–Trinajstić information content (AvgIpc) is 2.66. The van der Waals surface area contributed by atoms with Gasteiger partial charge in [0.2, 0.25) is 10.0 Å². The predicted molar refractivity (Wildman–Crippen MR) is 54.6 cm³/mol. The van der Waals surface area contributed by atoms with Crippen LogP contribution in [0.4, 0.5) is 0 Å². The molecule has 1 rings (SSSR count). The third-order valence-corrected chi connectivity index (χ3v) is 3.40. The number of H-pyrrole nitrogens is 1. The number of carbonyl (C=O) groups is 1. The zero-order valence-corrected chi connectivity index (χ0v) is 9.28. The maximum atomic E-state index is 11.6. The van der Waals surface area contributed by atoms with E-state index in [0.717, 1.165) is 12.3 Å². The van der Waals surface area contributed by atoms with Gasteiger partial charge in [-0.2, -0.15) is 0 Å². The van der Waals surface area contributed by atoms with Crippen LogP contribution in [0.3, 0.4) is 0 Å². The van der Waals surface area contributed by atoms with E-state index in [0.29, 0.717) is 0 Å². The molecular formula is C8H12N2O5S. The van der Waals surface area contributed by atoms with Crippen molar-refractivity contribution in [3.8, 4) is 0 Å². The van der Waals surface area contributed by atoms with Crippen molar-refractivity contribution in [3.05, 3.63) is 18.0 Å². The molecule has 0 amide bonds. The third kappa shape index (κ3) is 2.81. The molecule has 0 unspecified atom stereocenters. The summed E-state index contributed by atoms with van der Waals surface area (Å²) in [5.41, 5.74) is -0.211. The van der Waals surface area contributed by atoms with E-state index in [9.17, 15) is 13.2 Å². The van der Waals surface area contributed by atoms with Crippen LogP contribution in [-0.4, -0.2) is 42.2 Å². The van der Waals surface area contributed by atoms with E-state index >= 15 is 0 Å². The summed E-state index contributed by atoms with van der Waals surface area (Å²) in [6.07, 6.45) is 1.08. The molecule has 0 spiro atoms. The molecule has 16 heavy (non-hydrogen) atoms. The van der Waals surface area contributed by atoms with Gasteiger partial charge in [-0.25, -0.2) is 17.9 Å². The van der Waals surface area contributed by atoms with E-state index in [4.69, 9.17) is 10.2 Å². The molecule has 0 fully saturated rings. The Morgan fingerprint density at radius 2 is 2.25 bits per heavy atom. The lowest BCUT2D eigenvalue weighted by Gasteiger charge is -2.09. The Labute approximate surface area is 92.2 Å². The Kier molecular flexibility index (Phi) is 3.68. The SMILES string of the molecule is C[C@H](CO)NS(=O)(=O)c1c[nH]c(C(=O)O)c1. The molecule has 8 heteroatoms. The maximum Gasteiger partial charge on any atom is 0.352 e. The average molecular weight is 248 g/mol. The van der Waals surface area contributed by atoms with E-state index in [-0.39, 0.29) is 17.2 Å². The van der Waals surface area contributed by atoms with Gasteiger partial charge in [-0.3, -0.25) is 0 Å². The van der Waals surface area contributed by atoms with Crippen LogP contribution in [0.1, 0.15) is 17.4 Å². The van der Waals surface area contributed by atoms with Gasteiger partial charge in [0.25, 0.3) is 0 Å². The summed E-state index contributed by atoms with van der Waals surface area (Å²) in [6.45, 7) is 1.15. The monoisotopic (exact) mass is 248 g/mol. The Morgan fingerprint density at radius 1 is 1.62 bits per heavy atom. The van der Waals surface area contributed by atoms with Crippen molar-refractivity contribution >= 4 is 16.0 Å². The van der Waals surface area contributed by atoms with Crippen LogP contribution >= 0.6 is 0 Å². The maximum absolute atomic E-state index is 11.6. The van der Waals surface area contributed by atoms with Crippen LogP contribution < -0.4 is 4.72 Å². The van der Waals surface area contributed by atoms with Crippen LogP contribution in [0.15, 0.2) is 17.2 Å². The van der Waals surface area contributed by atoms with Gasteiger partial charge in [-0.15, -0.1) is 0 Å².